The van der Waals surface area contributed by atoms with Gasteiger partial charge in [0, 0.05) is 18.0 Å². The first-order chi connectivity index (χ1) is 14.5. The maximum Gasteiger partial charge on any atom is 0.166 e. The van der Waals surface area contributed by atoms with Crippen LogP contribution in [0.5, 0.6) is 17.2 Å². The van der Waals surface area contributed by atoms with Crippen LogP contribution in [0.4, 0.5) is 0 Å². The van der Waals surface area contributed by atoms with Crippen LogP contribution in [0, 0.1) is 5.92 Å². The van der Waals surface area contributed by atoms with Gasteiger partial charge >= 0.3 is 0 Å². The van der Waals surface area contributed by atoms with Gasteiger partial charge in [0.2, 0.25) is 0 Å². The van der Waals surface area contributed by atoms with Crippen molar-refractivity contribution >= 4 is 5.78 Å². The number of carbonyl (C=O) groups excluding carboxylic acids is 1. The van der Waals surface area contributed by atoms with E-state index in [4.69, 9.17) is 14.2 Å². The largest absolute Gasteiger partial charge is 0.497 e. The van der Waals surface area contributed by atoms with Crippen LogP contribution in [0.1, 0.15) is 40.7 Å². The molecule has 3 rings (SSSR count). The monoisotopic (exact) mass is 411 g/mol. The van der Waals surface area contributed by atoms with E-state index in [1.54, 1.807) is 21.3 Å². The number of hydrogen-bond acceptors (Lipinski definition) is 5. The maximum absolute atomic E-state index is 13.0. The number of methoxy groups -OCH3 is 3. The third-order valence-electron chi connectivity index (χ3n) is 6.02. The highest BCUT2D eigenvalue weighted by Crippen LogP contribution is 2.36. The van der Waals surface area contributed by atoms with Crippen molar-refractivity contribution in [2.24, 2.45) is 5.92 Å². The summed E-state index contributed by atoms with van der Waals surface area (Å²) >= 11 is 0. The van der Waals surface area contributed by atoms with Crippen LogP contribution < -0.4 is 14.2 Å². The highest BCUT2D eigenvalue weighted by atomic mass is 16.5. The molecule has 0 N–H and O–H groups in total. The normalized spacial score (nSPS) is 15.8. The Kier molecular flexibility index (Phi) is 7.75. The SMILES string of the molecule is COc1cccc(CCN(C)CCCC2CCc3cc(OC)c(OC)cc3C2=O)c1. The highest BCUT2D eigenvalue weighted by Gasteiger charge is 2.28. The molecular formula is C25H33NO4. The summed E-state index contributed by atoms with van der Waals surface area (Å²) in [6, 6.07) is 12.0. The number of fused-ring (bicyclic) bond motifs is 1. The van der Waals surface area contributed by atoms with Gasteiger partial charge in [-0.05, 0) is 81.1 Å². The second kappa shape index (κ2) is 10.5. The summed E-state index contributed by atoms with van der Waals surface area (Å²) in [5.74, 6) is 2.57. The topological polar surface area (TPSA) is 48.0 Å². The van der Waals surface area contributed by atoms with Crippen molar-refractivity contribution in [3.05, 3.63) is 53.1 Å². The van der Waals surface area contributed by atoms with E-state index in [9.17, 15) is 4.79 Å². The summed E-state index contributed by atoms with van der Waals surface area (Å²) in [7, 11) is 7.08. The van der Waals surface area contributed by atoms with Gasteiger partial charge in [-0.25, -0.2) is 0 Å². The maximum atomic E-state index is 13.0. The number of aryl methyl sites for hydroxylation is 1. The first-order valence-corrected chi connectivity index (χ1v) is 10.7. The summed E-state index contributed by atoms with van der Waals surface area (Å²) < 4.78 is 16.1. The van der Waals surface area contributed by atoms with Crippen molar-refractivity contribution in [3.63, 3.8) is 0 Å². The fourth-order valence-corrected chi connectivity index (χ4v) is 4.18. The van der Waals surface area contributed by atoms with E-state index in [2.05, 4.69) is 24.1 Å². The minimum absolute atomic E-state index is 0.0994. The first-order valence-electron chi connectivity index (χ1n) is 10.7. The number of ketones is 1. The van der Waals surface area contributed by atoms with Crippen LogP contribution >= 0.6 is 0 Å². The van der Waals surface area contributed by atoms with Crippen molar-refractivity contribution in [1.29, 1.82) is 0 Å². The minimum Gasteiger partial charge on any atom is -0.497 e. The van der Waals surface area contributed by atoms with Crippen LogP contribution in [0.25, 0.3) is 0 Å². The zero-order chi connectivity index (χ0) is 21.5. The van der Waals surface area contributed by atoms with E-state index in [1.807, 2.05) is 24.3 Å². The predicted octanol–water partition coefficient (Wildman–Crippen LogP) is 4.41. The van der Waals surface area contributed by atoms with Crippen LogP contribution in [0.2, 0.25) is 0 Å². The Morgan fingerprint density at radius 2 is 1.77 bits per heavy atom. The van der Waals surface area contributed by atoms with Gasteiger partial charge in [0.15, 0.2) is 17.3 Å². The van der Waals surface area contributed by atoms with Gasteiger partial charge in [-0.3, -0.25) is 4.79 Å². The second-order valence-electron chi connectivity index (χ2n) is 8.01. The molecule has 1 aliphatic rings. The number of benzene rings is 2. The van der Waals surface area contributed by atoms with Gasteiger partial charge in [-0.15, -0.1) is 0 Å². The van der Waals surface area contributed by atoms with Crippen molar-refractivity contribution in [2.45, 2.75) is 32.1 Å². The molecule has 0 spiro atoms. The number of carbonyl (C=O) groups is 1. The lowest BCUT2D eigenvalue weighted by Crippen LogP contribution is -2.26. The molecule has 0 aromatic heterocycles. The molecule has 0 saturated heterocycles. The number of ether oxygens (including phenoxy) is 3. The lowest BCUT2D eigenvalue weighted by molar-refractivity contribution is 0.0890. The summed E-state index contributed by atoms with van der Waals surface area (Å²) in [5, 5.41) is 0. The summed E-state index contributed by atoms with van der Waals surface area (Å²) in [6.07, 6.45) is 4.77. The molecule has 30 heavy (non-hydrogen) atoms. The molecule has 0 fully saturated rings. The second-order valence-corrected chi connectivity index (χ2v) is 8.01. The molecule has 1 unspecified atom stereocenters. The van der Waals surface area contributed by atoms with Crippen molar-refractivity contribution in [2.75, 3.05) is 41.5 Å². The molecule has 0 heterocycles. The summed E-state index contributed by atoms with van der Waals surface area (Å²) in [4.78, 5) is 15.4. The molecule has 2 aromatic rings. The van der Waals surface area contributed by atoms with Crippen LogP contribution in [0.15, 0.2) is 36.4 Å². The van der Waals surface area contributed by atoms with E-state index in [0.29, 0.717) is 11.5 Å². The fourth-order valence-electron chi connectivity index (χ4n) is 4.18. The van der Waals surface area contributed by atoms with E-state index in [1.165, 1.54) is 5.56 Å². The predicted molar refractivity (Wildman–Crippen MR) is 119 cm³/mol. The zero-order valence-corrected chi connectivity index (χ0v) is 18.6. The molecule has 2 aromatic carbocycles. The number of hydrogen-bond donors (Lipinski definition) is 0. The van der Waals surface area contributed by atoms with Crippen molar-refractivity contribution in [3.8, 4) is 17.2 Å². The average Bonchev–Trinajstić information content (AvgIpc) is 2.78. The lowest BCUT2D eigenvalue weighted by Gasteiger charge is -2.25. The van der Waals surface area contributed by atoms with E-state index in [0.717, 1.165) is 62.1 Å². The first kappa shape index (κ1) is 22.2. The Hall–Kier alpha value is -2.53. The highest BCUT2D eigenvalue weighted by molar-refractivity contribution is 6.00. The number of nitrogens with zero attached hydrogens (tertiary/aromatic N) is 1. The number of rotatable bonds is 10. The van der Waals surface area contributed by atoms with Gasteiger partial charge < -0.3 is 19.1 Å². The van der Waals surface area contributed by atoms with Crippen LogP contribution in [-0.4, -0.2) is 52.1 Å². The molecule has 5 nitrogen and oxygen atoms in total. The van der Waals surface area contributed by atoms with Gasteiger partial charge in [0.25, 0.3) is 0 Å². The molecule has 0 radical (unpaired) electrons. The molecule has 0 bridgehead atoms. The van der Waals surface area contributed by atoms with Crippen LogP contribution in [0.3, 0.4) is 0 Å². The van der Waals surface area contributed by atoms with Gasteiger partial charge in [-0.2, -0.15) is 0 Å². The third kappa shape index (κ3) is 5.33. The van der Waals surface area contributed by atoms with E-state index in [-0.39, 0.29) is 11.7 Å². The number of likely N-dealkylation sites (N-methyl/N-ethyl adjacent to an activating group) is 1. The molecule has 0 aliphatic heterocycles. The van der Waals surface area contributed by atoms with Gasteiger partial charge in [-0.1, -0.05) is 12.1 Å². The van der Waals surface area contributed by atoms with Crippen molar-refractivity contribution < 1.29 is 19.0 Å². The van der Waals surface area contributed by atoms with E-state index >= 15 is 0 Å². The standard InChI is InChI=1S/C25H33NO4/c1-26(14-12-18-7-5-9-21(15-18)28-2)13-6-8-19-10-11-20-16-23(29-3)24(30-4)17-22(20)25(19)27/h5,7,9,15-17,19H,6,8,10-14H2,1-4H3. The fraction of sp³-hybridized carbons (Fsp3) is 0.480. The quantitative estimate of drug-likeness (QED) is 0.579. The van der Waals surface area contributed by atoms with E-state index < -0.39 is 0 Å². The number of Topliss-reactive ketones (excluding diaryl/α,β-unsaturated/α-hetero) is 1. The molecule has 1 atom stereocenters. The smallest absolute Gasteiger partial charge is 0.166 e. The Morgan fingerprint density at radius 3 is 2.50 bits per heavy atom. The Morgan fingerprint density at radius 1 is 1.00 bits per heavy atom. The van der Waals surface area contributed by atoms with Gasteiger partial charge in [0.05, 0.1) is 21.3 Å². The average molecular weight is 412 g/mol. The molecule has 162 valence electrons. The van der Waals surface area contributed by atoms with Crippen molar-refractivity contribution in [1.82, 2.24) is 4.90 Å². The zero-order valence-electron chi connectivity index (χ0n) is 18.6. The Balaban J connectivity index is 1.49. The molecule has 0 saturated carbocycles. The van der Waals surface area contributed by atoms with Gasteiger partial charge in [0.1, 0.15) is 5.75 Å². The third-order valence-corrected chi connectivity index (χ3v) is 6.02. The minimum atomic E-state index is 0.0994. The Labute approximate surface area is 179 Å². The Bertz CT molecular complexity index is 864. The molecule has 1 aliphatic carbocycles. The summed E-state index contributed by atoms with van der Waals surface area (Å²) in [5.41, 5.74) is 3.16. The lowest BCUT2D eigenvalue weighted by atomic mass is 9.80. The summed E-state index contributed by atoms with van der Waals surface area (Å²) in [6.45, 7) is 1.98. The molecule has 0 amide bonds. The van der Waals surface area contributed by atoms with Crippen LogP contribution in [-0.2, 0) is 12.8 Å². The molecular weight excluding hydrogens is 378 g/mol. The molecule has 5 heteroatoms.